The highest BCUT2D eigenvalue weighted by Gasteiger charge is 2.56. The molecule has 1 N–H and O–H groups in total. The minimum atomic E-state index is -0.122. The third-order valence-corrected chi connectivity index (χ3v) is 6.28. The van der Waals surface area contributed by atoms with Crippen LogP contribution in [0.4, 0.5) is 4.39 Å². The number of aryl methyl sites for hydroxylation is 2. The van der Waals surface area contributed by atoms with Crippen molar-refractivity contribution in [2.24, 2.45) is 5.41 Å². The summed E-state index contributed by atoms with van der Waals surface area (Å²) in [6, 6.07) is 6.13. The molecule has 5 heteroatoms. The molecule has 0 bridgehead atoms. The third kappa shape index (κ3) is 3.42. The van der Waals surface area contributed by atoms with Gasteiger partial charge < -0.3 is 9.88 Å². The van der Waals surface area contributed by atoms with Crippen molar-refractivity contribution in [1.82, 2.24) is 19.8 Å². The minimum absolute atomic E-state index is 0.122. The van der Waals surface area contributed by atoms with E-state index >= 15 is 0 Å². The number of nitrogens with one attached hydrogen (secondary N) is 1. The zero-order valence-electron chi connectivity index (χ0n) is 15.8. The molecule has 1 aromatic heterocycles. The second-order valence-electron chi connectivity index (χ2n) is 7.95. The topological polar surface area (TPSA) is 33.1 Å². The van der Waals surface area contributed by atoms with Crippen molar-refractivity contribution < 1.29 is 4.39 Å². The van der Waals surface area contributed by atoms with E-state index in [0.29, 0.717) is 11.5 Å². The smallest absolute Gasteiger partial charge is 0.126 e. The summed E-state index contributed by atoms with van der Waals surface area (Å²) in [5.41, 5.74) is 2.39. The van der Waals surface area contributed by atoms with Gasteiger partial charge in [0.05, 0.1) is 6.54 Å². The van der Waals surface area contributed by atoms with Crippen molar-refractivity contribution in [2.45, 2.75) is 58.8 Å². The maximum atomic E-state index is 13.7. The number of rotatable bonds is 6. The fourth-order valence-electron chi connectivity index (χ4n) is 4.58. The molecule has 140 valence electrons. The van der Waals surface area contributed by atoms with Gasteiger partial charge >= 0.3 is 0 Å². The first-order valence-electron chi connectivity index (χ1n) is 9.81. The summed E-state index contributed by atoms with van der Waals surface area (Å²) in [7, 11) is 0. The Morgan fingerprint density at radius 2 is 2.12 bits per heavy atom. The van der Waals surface area contributed by atoms with Crippen LogP contribution in [0.5, 0.6) is 0 Å². The van der Waals surface area contributed by atoms with E-state index in [1.54, 1.807) is 6.07 Å². The van der Waals surface area contributed by atoms with E-state index in [0.717, 1.165) is 44.1 Å². The summed E-state index contributed by atoms with van der Waals surface area (Å²) in [5.74, 6) is 1.00. The van der Waals surface area contributed by atoms with Crippen LogP contribution >= 0.6 is 0 Å². The van der Waals surface area contributed by atoms with Gasteiger partial charge in [0.25, 0.3) is 0 Å². The zero-order chi connectivity index (χ0) is 18.1. The SMILES string of the molecule is CCn1ccnc1CN(Cc1ccc(F)c(C)c1)[C@@H]1CC12CCNCC2. The first kappa shape index (κ1) is 17.7. The normalized spacial score (nSPS) is 21.5. The fraction of sp³-hybridized carbons (Fsp3) is 0.571. The van der Waals surface area contributed by atoms with Gasteiger partial charge in [-0.3, -0.25) is 4.90 Å². The van der Waals surface area contributed by atoms with Crippen molar-refractivity contribution >= 4 is 0 Å². The Morgan fingerprint density at radius 1 is 1.31 bits per heavy atom. The monoisotopic (exact) mass is 356 g/mol. The lowest BCUT2D eigenvalue weighted by Gasteiger charge is -2.29. The van der Waals surface area contributed by atoms with Crippen LogP contribution in [-0.4, -0.2) is 33.6 Å². The standard InChI is InChI=1S/C21H29FN4/c1-3-25-11-10-24-20(25)15-26(14-17-4-5-18(22)16(2)12-17)19-13-21(19)6-8-23-9-7-21/h4-5,10-12,19,23H,3,6-9,13-15H2,1-2H3/t19-/m1/s1. The third-order valence-electron chi connectivity index (χ3n) is 6.28. The Morgan fingerprint density at radius 3 is 2.85 bits per heavy atom. The molecule has 0 amide bonds. The van der Waals surface area contributed by atoms with Crippen LogP contribution in [0.1, 0.15) is 43.1 Å². The number of piperidine rings is 1. The van der Waals surface area contributed by atoms with Crippen LogP contribution in [0.25, 0.3) is 0 Å². The van der Waals surface area contributed by atoms with E-state index < -0.39 is 0 Å². The first-order valence-corrected chi connectivity index (χ1v) is 9.81. The molecule has 1 aromatic carbocycles. The highest BCUT2D eigenvalue weighted by Crippen LogP contribution is 2.56. The highest BCUT2D eigenvalue weighted by molar-refractivity contribution is 5.24. The molecular weight excluding hydrogens is 327 g/mol. The molecule has 1 saturated heterocycles. The lowest BCUT2D eigenvalue weighted by atomic mass is 9.93. The van der Waals surface area contributed by atoms with Crippen LogP contribution in [0.2, 0.25) is 0 Å². The molecule has 2 fully saturated rings. The molecule has 2 aromatic rings. The summed E-state index contributed by atoms with van der Waals surface area (Å²) in [4.78, 5) is 7.17. The van der Waals surface area contributed by atoms with Crippen LogP contribution in [0.15, 0.2) is 30.6 Å². The van der Waals surface area contributed by atoms with Crippen molar-refractivity contribution in [3.05, 3.63) is 53.4 Å². The van der Waals surface area contributed by atoms with E-state index in [-0.39, 0.29) is 5.82 Å². The molecule has 4 rings (SSSR count). The number of nitrogens with zero attached hydrogens (tertiary/aromatic N) is 3. The summed E-state index contributed by atoms with van der Waals surface area (Å²) in [6.07, 6.45) is 7.76. The van der Waals surface area contributed by atoms with Crippen LogP contribution in [-0.2, 0) is 19.6 Å². The Balaban J connectivity index is 1.56. The number of imidazole rings is 1. The number of hydrogen-bond donors (Lipinski definition) is 1. The van der Waals surface area contributed by atoms with Crippen LogP contribution < -0.4 is 5.32 Å². The molecule has 4 nitrogen and oxygen atoms in total. The van der Waals surface area contributed by atoms with Gasteiger partial charge in [-0.2, -0.15) is 0 Å². The van der Waals surface area contributed by atoms with Gasteiger partial charge in [0.15, 0.2) is 0 Å². The molecule has 2 aliphatic rings. The Hall–Kier alpha value is -1.72. The molecule has 2 heterocycles. The van der Waals surface area contributed by atoms with E-state index in [2.05, 4.69) is 32.9 Å². The molecule has 0 radical (unpaired) electrons. The van der Waals surface area contributed by atoms with Crippen molar-refractivity contribution in [3.8, 4) is 0 Å². The van der Waals surface area contributed by atoms with Crippen molar-refractivity contribution in [1.29, 1.82) is 0 Å². The quantitative estimate of drug-likeness (QED) is 0.860. The molecule has 1 atom stereocenters. The second-order valence-corrected chi connectivity index (χ2v) is 7.95. The van der Waals surface area contributed by atoms with Crippen molar-refractivity contribution in [2.75, 3.05) is 13.1 Å². The van der Waals surface area contributed by atoms with Gasteiger partial charge in [0.2, 0.25) is 0 Å². The number of aromatic nitrogens is 2. The predicted octanol–water partition coefficient (Wildman–Crippen LogP) is 3.49. The van der Waals surface area contributed by atoms with Gasteiger partial charge in [-0.05, 0) is 68.8 Å². The summed E-state index contributed by atoms with van der Waals surface area (Å²) in [6.45, 7) is 8.92. The zero-order valence-corrected chi connectivity index (χ0v) is 15.8. The average molecular weight is 356 g/mol. The molecule has 1 saturated carbocycles. The van der Waals surface area contributed by atoms with E-state index in [9.17, 15) is 4.39 Å². The van der Waals surface area contributed by atoms with Gasteiger partial charge in [-0.15, -0.1) is 0 Å². The Kier molecular flexibility index (Phi) is 4.84. The molecular formula is C21H29FN4. The lowest BCUT2D eigenvalue weighted by molar-refractivity contribution is 0.182. The van der Waals surface area contributed by atoms with E-state index in [1.807, 2.05) is 25.3 Å². The van der Waals surface area contributed by atoms with Crippen LogP contribution in [0, 0.1) is 18.2 Å². The van der Waals surface area contributed by atoms with E-state index in [4.69, 9.17) is 0 Å². The molecule has 26 heavy (non-hydrogen) atoms. The number of halogens is 1. The van der Waals surface area contributed by atoms with Crippen LogP contribution in [0.3, 0.4) is 0 Å². The second kappa shape index (κ2) is 7.12. The van der Waals surface area contributed by atoms with Gasteiger partial charge in [-0.1, -0.05) is 12.1 Å². The maximum absolute atomic E-state index is 13.7. The first-order chi connectivity index (χ1) is 12.6. The molecule has 1 aliphatic heterocycles. The van der Waals surface area contributed by atoms with Gasteiger partial charge in [0.1, 0.15) is 11.6 Å². The molecule has 1 spiro atoms. The summed E-state index contributed by atoms with van der Waals surface area (Å²) >= 11 is 0. The van der Waals surface area contributed by atoms with Gasteiger partial charge in [-0.25, -0.2) is 9.37 Å². The Bertz CT molecular complexity index is 763. The average Bonchev–Trinajstić information content (AvgIpc) is 3.13. The highest BCUT2D eigenvalue weighted by atomic mass is 19.1. The summed E-state index contributed by atoms with van der Waals surface area (Å²) in [5, 5.41) is 3.49. The molecule has 0 unspecified atom stereocenters. The predicted molar refractivity (Wildman–Crippen MR) is 101 cm³/mol. The largest absolute Gasteiger partial charge is 0.334 e. The number of hydrogen-bond acceptors (Lipinski definition) is 3. The minimum Gasteiger partial charge on any atom is -0.334 e. The maximum Gasteiger partial charge on any atom is 0.126 e. The lowest BCUT2D eigenvalue weighted by Crippen LogP contribution is -2.36. The Labute approximate surface area is 155 Å². The number of benzene rings is 1. The van der Waals surface area contributed by atoms with E-state index in [1.165, 1.54) is 24.8 Å². The van der Waals surface area contributed by atoms with Gasteiger partial charge in [0, 0.05) is 31.5 Å². The summed E-state index contributed by atoms with van der Waals surface area (Å²) < 4.78 is 15.9. The van der Waals surface area contributed by atoms with Crippen molar-refractivity contribution in [3.63, 3.8) is 0 Å². The fourth-order valence-corrected chi connectivity index (χ4v) is 4.58. The molecule has 1 aliphatic carbocycles.